The van der Waals surface area contributed by atoms with E-state index in [4.69, 9.17) is 5.73 Å². The molecule has 1 aliphatic rings. The smallest absolute Gasteiger partial charge is 0.0264 e. The van der Waals surface area contributed by atoms with Crippen molar-refractivity contribution in [3.8, 4) is 0 Å². The van der Waals surface area contributed by atoms with Gasteiger partial charge in [-0.15, -0.1) is 0 Å². The molecule has 0 aromatic carbocycles. The highest BCUT2D eigenvalue weighted by molar-refractivity contribution is 5.21. The van der Waals surface area contributed by atoms with Crippen molar-refractivity contribution in [1.82, 2.24) is 0 Å². The molecule has 0 aromatic heterocycles. The molecule has 1 atom stereocenters. The molecule has 0 heterocycles. The molecule has 1 heteroatoms. The Kier molecular flexibility index (Phi) is 5.02. The Morgan fingerprint density at radius 1 is 1.50 bits per heavy atom. The Labute approximate surface area is 86.7 Å². The Morgan fingerprint density at radius 3 is 3.07 bits per heavy atom. The van der Waals surface area contributed by atoms with Gasteiger partial charge in [-0.3, -0.25) is 0 Å². The molecule has 0 bridgehead atoms. The van der Waals surface area contributed by atoms with Crippen molar-refractivity contribution in [2.45, 2.75) is 32.2 Å². The molecule has 2 N–H and O–H groups in total. The minimum Gasteiger partial charge on any atom is -0.324 e. The summed E-state index contributed by atoms with van der Waals surface area (Å²) in [6.07, 6.45) is 18.0. The van der Waals surface area contributed by atoms with Gasteiger partial charge in [-0.25, -0.2) is 0 Å². The van der Waals surface area contributed by atoms with Gasteiger partial charge < -0.3 is 5.73 Å². The van der Waals surface area contributed by atoms with Gasteiger partial charge in [0.25, 0.3) is 0 Å². The van der Waals surface area contributed by atoms with Gasteiger partial charge in [0.05, 0.1) is 0 Å². The number of hydrogen-bond donors (Lipinski definition) is 1. The van der Waals surface area contributed by atoms with E-state index in [2.05, 4.69) is 36.5 Å². The molecular formula is C13H19N. The van der Waals surface area contributed by atoms with E-state index < -0.39 is 0 Å². The van der Waals surface area contributed by atoms with E-state index in [0.717, 1.165) is 19.3 Å². The number of rotatable bonds is 4. The van der Waals surface area contributed by atoms with Crippen LogP contribution in [0.1, 0.15) is 26.2 Å². The van der Waals surface area contributed by atoms with Crippen LogP contribution in [-0.2, 0) is 0 Å². The van der Waals surface area contributed by atoms with E-state index in [-0.39, 0.29) is 6.04 Å². The minimum absolute atomic E-state index is 0.231. The van der Waals surface area contributed by atoms with Gasteiger partial charge in [0, 0.05) is 6.04 Å². The third kappa shape index (κ3) is 4.24. The molecule has 0 saturated heterocycles. The number of allylic oxidation sites excluding steroid dienone is 6. The van der Waals surface area contributed by atoms with Crippen LogP contribution in [0.5, 0.6) is 0 Å². The molecule has 0 amide bonds. The molecule has 14 heavy (non-hydrogen) atoms. The first-order chi connectivity index (χ1) is 6.83. The van der Waals surface area contributed by atoms with Crippen LogP contribution >= 0.6 is 0 Å². The summed E-state index contributed by atoms with van der Waals surface area (Å²) in [5.41, 5.74) is 7.28. The van der Waals surface area contributed by atoms with Crippen molar-refractivity contribution in [2.75, 3.05) is 0 Å². The van der Waals surface area contributed by atoms with Crippen molar-refractivity contribution in [1.29, 1.82) is 0 Å². The Morgan fingerprint density at radius 2 is 2.36 bits per heavy atom. The quantitative estimate of drug-likeness (QED) is 0.676. The highest BCUT2D eigenvalue weighted by Crippen LogP contribution is 2.16. The summed E-state index contributed by atoms with van der Waals surface area (Å²) in [6.45, 7) is 2.03. The third-order valence-electron chi connectivity index (χ3n) is 2.26. The van der Waals surface area contributed by atoms with Crippen LogP contribution in [0.15, 0.2) is 48.1 Å². The number of hydrogen-bond acceptors (Lipinski definition) is 1. The van der Waals surface area contributed by atoms with Crippen LogP contribution in [0, 0.1) is 0 Å². The monoisotopic (exact) mass is 189 g/mol. The minimum atomic E-state index is 0.231. The molecule has 1 unspecified atom stereocenters. The Bertz CT molecular complexity index is 269. The molecule has 0 fully saturated rings. The van der Waals surface area contributed by atoms with E-state index in [1.165, 1.54) is 5.57 Å². The fourth-order valence-corrected chi connectivity index (χ4v) is 1.51. The van der Waals surface area contributed by atoms with Gasteiger partial charge in [0.15, 0.2) is 0 Å². The van der Waals surface area contributed by atoms with Crippen LogP contribution in [0.4, 0.5) is 0 Å². The lowest BCUT2D eigenvalue weighted by molar-refractivity contribution is 0.751. The van der Waals surface area contributed by atoms with Gasteiger partial charge in [0.1, 0.15) is 0 Å². The zero-order valence-corrected chi connectivity index (χ0v) is 8.82. The molecule has 1 nitrogen and oxygen atoms in total. The van der Waals surface area contributed by atoms with Crippen molar-refractivity contribution in [3.05, 3.63) is 48.1 Å². The Balaban J connectivity index is 2.25. The molecule has 1 aliphatic carbocycles. The summed E-state index contributed by atoms with van der Waals surface area (Å²) in [7, 11) is 0. The molecule has 0 spiro atoms. The van der Waals surface area contributed by atoms with Gasteiger partial charge >= 0.3 is 0 Å². The maximum absolute atomic E-state index is 5.82. The van der Waals surface area contributed by atoms with Gasteiger partial charge in [-0.2, -0.15) is 0 Å². The van der Waals surface area contributed by atoms with Crippen LogP contribution in [0.3, 0.4) is 0 Å². The highest BCUT2D eigenvalue weighted by atomic mass is 14.6. The summed E-state index contributed by atoms with van der Waals surface area (Å²) >= 11 is 0. The van der Waals surface area contributed by atoms with Crippen LogP contribution in [0.25, 0.3) is 0 Å². The molecule has 76 valence electrons. The van der Waals surface area contributed by atoms with Gasteiger partial charge in [-0.05, 0) is 26.2 Å². The van der Waals surface area contributed by atoms with E-state index in [0.29, 0.717) is 0 Å². The summed E-state index contributed by atoms with van der Waals surface area (Å²) in [5, 5.41) is 0. The summed E-state index contributed by atoms with van der Waals surface area (Å²) in [5.74, 6) is 0. The van der Waals surface area contributed by atoms with Crippen LogP contribution in [0.2, 0.25) is 0 Å². The molecule has 0 radical (unpaired) electrons. The molecule has 0 saturated carbocycles. The maximum Gasteiger partial charge on any atom is 0.0264 e. The Hall–Kier alpha value is -1.08. The zero-order chi connectivity index (χ0) is 10.2. The molecule has 0 aromatic rings. The summed E-state index contributed by atoms with van der Waals surface area (Å²) in [4.78, 5) is 0. The van der Waals surface area contributed by atoms with Crippen molar-refractivity contribution in [2.24, 2.45) is 5.73 Å². The second kappa shape index (κ2) is 6.39. The average molecular weight is 189 g/mol. The predicted molar refractivity (Wildman–Crippen MR) is 63.0 cm³/mol. The van der Waals surface area contributed by atoms with Crippen molar-refractivity contribution >= 4 is 0 Å². The highest BCUT2D eigenvalue weighted by Gasteiger charge is 2.05. The van der Waals surface area contributed by atoms with Gasteiger partial charge in [-0.1, -0.05) is 48.1 Å². The lowest BCUT2D eigenvalue weighted by Crippen LogP contribution is -2.19. The molecular weight excluding hydrogens is 170 g/mol. The lowest BCUT2D eigenvalue weighted by atomic mass is 9.97. The van der Waals surface area contributed by atoms with Crippen molar-refractivity contribution < 1.29 is 0 Å². The topological polar surface area (TPSA) is 26.0 Å². The van der Waals surface area contributed by atoms with E-state index in [1.54, 1.807) is 0 Å². The van der Waals surface area contributed by atoms with Crippen LogP contribution < -0.4 is 5.73 Å². The zero-order valence-electron chi connectivity index (χ0n) is 8.82. The first kappa shape index (κ1) is 11.0. The first-order valence-corrected chi connectivity index (χ1v) is 5.22. The SMILES string of the molecule is C/C=C\C=C/CCC1=CC=CC(N)C1. The second-order valence-electron chi connectivity index (χ2n) is 3.57. The van der Waals surface area contributed by atoms with E-state index in [1.807, 2.05) is 13.0 Å². The third-order valence-corrected chi connectivity index (χ3v) is 2.26. The van der Waals surface area contributed by atoms with Crippen LogP contribution in [-0.4, -0.2) is 6.04 Å². The average Bonchev–Trinajstić information content (AvgIpc) is 2.18. The molecule has 1 rings (SSSR count). The predicted octanol–water partition coefficient (Wildman–Crippen LogP) is 3.11. The second-order valence-corrected chi connectivity index (χ2v) is 3.57. The fourth-order valence-electron chi connectivity index (χ4n) is 1.51. The normalized spacial score (nSPS) is 22.1. The number of nitrogens with two attached hydrogens (primary N) is 1. The standard InChI is InChI=1S/C13H19N/c1-2-3-4-5-6-8-12-9-7-10-13(14)11-12/h2-5,7,9-10,13H,6,8,11,14H2,1H3/b3-2-,5-4-. The summed E-state index contributed by atoms with van der Waals surface area (Å²) in [6, 6.07) is 0.231. The largest absolute Gasteiger partial charge is 0.324 e. The van der Waals surface area contributed by atoms with Gasteiger partial charge in [0.2, 0.25) is 0 Å². The van der Waals surface area contributed by atoms with E-state index in [9.17, 15) is 0 Å². The fraction of sp³-hybridized carbons (Fsp3) is 0.385. The maximum atomic E-state index is 5.82. The van der Waals surface area contributed by atoms with E-state index >= 15 is 0 Å². The lowest BCUT2D eigenvalue weighted by Gasteiger charge is -2.13. The summed E-state index contributed by atoms with van der Waals surface area (Å²) < 4.78 is 0. The molecule has 0 aliphatic heterocycles. The first-order valence-electron chi connectivity index (χ1n) is 5.22. The van der Waals surface area contributed by atoms with Crippen molar-refractivity contribution in [3.63, 3.8) is 0 Å².